The molecule has 2 N–H and O–H groups in total. The van der Waals surface area contributed by atoms with Crippen molar-refractivity contribution in [2.75, 3.05) is 18.0 Å². The van der Waals surface area contributed by atoms with E-state index in [2.05, 4.69) is 52.9 Å². The molecule has 17 heavy (non-hydrogen) atoms. The number of halogens is 1. The summed E-state index contributed by atoms with van der Waals surface area (Å²) in [6, 6.07) is 6.51. The zero-order valence-electron chi connectivity index (χ0n) is 10.7. The van der Waals surface area contributed by atoms with Crippen molar-refractivity contribution in [2.24, 2.45) is 11.1 Å². The molecular formula is C14H21BrN2. The summed E-state index contributed by atoms with van der Waals surface area (Å²) in [7, 11) is 0. The van der Waals surface area contributed by atoms with Gasteiger partial charge in [-0.2, -0.15) is 0 Å². The molecule has 1 heterocycles. The molecule has 0 aliphatic carbocycles. The second-order valence-electron chi connectivity index (χ2n) is 5.67. The van der Waals surface area contributed by atoms with Crippen LogP contribution in [0.5, 0.6) is 0 Å². The number of anilines is 1. The zero-order chi connectivity index (χ0) is 12.5. The van der Waals surface area contributed by atoms with Crippen molar-refractivity contribution >= 4 is 21.6 Å². The second-order valence-corrected chi connectivity index (χ2v) is 6.52. The maximum Gasteiger partial charge on any atom is 0.0377 e. The molecule has 1 aromatic carbocycles. The lowest BCUT2D eigenvalue weighted by molar-refractivity contribution is 0.293. The topological polar surface area (TPSA) is 29.3 Å². The molecule has 2 rings (SSSR count). The fraction of sp³-hybridized carbons (Fsp3) is 0.571. The van der Waals surface area contributed by atoms with Gasteiger partial charge in [0.15, 0.2) is 0 Å². The van der Waals surface area contributed by atoms with Crippen LogP contribution in [0.4, 0.5) is 5.69 Å². The van der Waals surface area contributed by atoms with Crippen LogP contribution in [0.1, 0.15) is 32.3 Å². The molecule has 0 bridgehead atoms. The van der Waals surface area contributed by atoms with Crippen LogP contribution in [0.3, 0.4) is 0 Å². The first kappa shape index (κ1) is 12.9. The van der Waals surface area contributed by atoms with Crippen LogP contribution in [-0.2, 0) is 6.54 Å². The Hall–Kier alpha value is -0.540. The standard InChI is InChI=1S/C14H21BrN2/c1-14(2)6-3-7-17(10-14)12-5-4-11(9-16)13(15)8-12/h4-5,8H,3,6-7,9-10,16H2,1-2H3. The first-order valence-corrected chi connectivity index (χ1v) is 7.04. The molecule has 0 atom stereocenters. The van der Waals surface area contributed by atoms with E-state index in [9.17, 15) is 0 Å². The van der Waals surface area contributed by atoms with E-state index in [4.69, 9.17) is 5.73 Å². The number of nitrogens with two attached hydrogens (primary N) is 1. The second kappa shape index (κ2) is 4.99. The lowest BCUT2D eigenvalue weighted by atomic mass is 9.84. The third-order valence-corrected chi connectivity index (χ3v) is 4.26. The van der Waals surface area contributed by atoms with Gasteiger partial charge in [-0.25, -0.2) is 0 Å². The molecule has 0 spiro atoms. The summed E-state index contributed by atoms with van der Waals surface area (Å²) in [5.41, 5.74) is 8.59. The number of benzene rings is 1. The molecule has 0 unspecified atom stereocenters. The minimum absolute atomic E-state index is 0.428. The zero-order valence-corrected chi connectivity index (χ0v) is 12.3. The minimum atomic E-state index is 0.428. The van der Waals surface area contributed by atoms with E-state index >= 15 is 0 Å². The SMILES string of the molecule is CC1(C)CCCN(c2ccc(CN)c(Br)c2)C1. The van der Waals surface area contributed by atoms with E-state index in [1.54, 1.807) is 0 Å². The van der Waals surface area contributed by atoms with Gasteiger partial charge in [0, 0.05) is 29.8 Å². The van der Waals surface area contributed by atoms with E-state index < -0.39 is 0 Å². The van der Waals surface area contributed by atoms with Crippen molar-refractivity contribution in [1.82, 2.24) is 0 Å². The van der Waals surface area contributed by atoms with Crippen LogP contribution in [0, 0.1) is 5.41 Å². The van der Waals surface area contributed by atoms with Gasteiger partial charge in [0.05, 0.1) is 0 Å². The third kappa shape index (κ3) is 3.02. The maximum absolute atomic E-state index is 5.68. The highest BCUT2D eigenvalue weighted by Gasteiger charge is 2.26. The number of hydrogen-bond acceptors (Lipinski definition) is 2. The summed E-state index contributed by atoms with van der Waals surface area (Å²) in [5, 5.41) is 0. The quantitative estimate of drug-likeness (QED) is 0.904. The van der Waals surface area contributed by atoms with Crippen LogP contribution in [0.2, 0.25) is 0 Å². The Morgan fingerprint density at radius 1 is 1.41 bits per heavy atom. The Labute approximate surface area is 112 Å². The molecule has 0 radical (unpaired) electrons. The summed E-state index contributed by atoms with van der Waals surface area (Å²) in [6.07, 6.45) is 2.61. The highest BCUT2D eigenvalue weighted by molar-refractivity contribution is 9.10. The van der Waals surface area contributed by atoms with E-state index in [0.717, 1.165) is 17.6 Å². The van der Waals surface area contributed by atoms with Crippen molar-refractivity contribution in [1.29, 1.82) is 0 Å². The molecule has 0 saturated carbocycles. The van der Waals surface area contributed by atoms with Crippen molar-refractivity contribution in [3.63, 3.8) is 0 Å². The van der Waals surface area contributed by atoms with E-state index in [1.807, 2.05) is 0 Å². The van der Waals surface area contributed by atoms with Gasteiger partial charge < -0.3 is 10.6 Å². The predicted octanol–water partition coefficient (Wildman–Crippen LogP) is 3.53. The Balaban J connectivity index is 2.19. The largest absolute Gasteiger partial charge is 0.371 e. The molecule has 1 aliphatic heterocycles. The summed E-state index contributed by atoms with van der Waals surface area (Å²) < 4.78 is 1.13. The van der Waals surface area contributed by atoms with Crippen LogP contribution in [0.15, 0.2) is 22.7 Å². The highest BCUT2D eigenvalue weighted by atomic mass is 79.9. The Morgan fingerprint density at radius 3 is 2.76 bits per heavy atom. The molecule has 1 saturated heterocycles. The minimum Gasteiger partial charge on any atom is -0.371 e. The molecular weight excluding hydrogens is 276 g/mol. The van der Waals surface area contributed by atoms with E-state index in [-0.39, 0.29) is 0 Å². The van der Waals surface area contributed by atoms with Gasteiger partial charge in [-0.1, -0.05) is 35.8 Å². The van der Waals surface area contributed by atoms with Gasteiger partial charge in [-0.05, 0) is 36.0 Å². The summed E-state index contributed by atoms with van der Waals surface area (Å²) in [6.45, 7) is 7.59. The monoisotopic (exact) mass is 296 g/mol. The summed E-state index contributed by atoms with van der Waals surface area (Å²) in [4.78, 5) is 2.48. The molecule has 3 heteroatoms. The maximum atomic E-state index is 5.68. The van der Waals surface area contributed by atoms with E-state index in [1.165, 1.54) is 24.1 Å². The van der Waals surface area contributed by atoms with Crippen molar-refractivity contribution in [2.45, 2.75) is 33.2 Å². The smallest absolute Gasteiger partial charge is 0.0377 e. The third-order valence-electron chi connectivity index (χ3n) is 3.52. The first-order valence-electron chi connectivity index (χ1n) is 6.25. The van der Waals surface area contributed by atoms with E-state index in [0.29, 0.717) is 12.0 Å². The van der Waals surface area contributed by atoms with Crippen molar-refractivity contribution in [3.8, 4) is 0 Å². The number of nitrogens with zero attached hydrogens (tertiary/aromatic N) is 1. The highest BCUT2D eigenvalue weighted by Crippen LogP contribution is 2.33. The Bertz CT molecular complexity index is 401. The summed E-state index contributed by atoms with van der Waals surface area (Å²) in [5.74, 6) is 0. The lowest BCUT2D eigenvalue weighted by Crippen LogP contribution is -2.40. The predicted molar refractivity (Wildman–Crippen MR) is 77.3 cm³/mol. The van der Waals surface area contributed by atoms with Crippen molar-refractivity contribution < 1.29 is 0 Å². The van der Waals surface area contributed by atoms with Gasteiger partial charge in [-0.3, -0.25) is 0 Å². The lowest BCUT2D eigenvalue weighted by Gasteiger charge is -2.39. The van der Waals surface area contributed by atoms with Gasteiger partial charge in [0.25, 0.3) is 0 Å². The van der Waals surface area contributed by atoms with Gasteiger partial charge in [0.2, 0.25) is 0 Å². The first-order chi connectivity index (χ1) is 8.02. The average Bonchev–Trinajstić information content (AvgIpc) is 2.27. The number of rotatable bonds is 2. The fourth-order valence-electron chi connectivity index (χ4n) is 2.54. The molecule has 94 valence electrons. The fourth-order valence-corrected chi connectivity index (χ4v) is 3.07. The average molecular weight is 297 g/mol. The van der Waals surface area contributed by atoms with Gasteiger partial charge >= 0.3 is 0 Å². The van der Waals surface area contributed by atoms with Crippen molar-refractivity contribution in [3.05, 3.63) is 28.2 Å². The summed E-state index contributed by atoms with van der Waals surface area (Å²) >= 11 is 3.60. The van der Waals surface area contributed by atoms with Crippen LogP contribution < -0.4 is 10.6 Å². The molecule has 1 aromatic rings. The number of piperidine rings is 1. The van der Waals surface area contributed by atoms with Crippen LogP contribution >= 0.6 is 15.9 Å². The molecule has 2 nitrogen and oxygen atoms in total. The van der Waals surface area contributed by atoms with Crippen LogP contribution in [-0.4, -0.2) is 13.1 Å². The molecule has 1 fully saturated rings. The molecule has 1 aliphatic rings. The molecule has 0 amide bonds. The van der Waals surface area contributed by atoms with Crippen LogP contribution in [0.25, 0.3) is 0 Å². The molecule has 0 aromatic heterocycles. The number of hydrogen-bond donors (Lipinski definition) is 1. The Kier molecular flexibility index (Phi) is 3.79. The van der Waals surface area contributed by atoms with Gasteiger partial charge in [0.1, 0.15) is 0 Å². The normalized spacial score (nSPS) is 19.4. The van der Waals surface area contributed by atoms with Gasteiger partial charge in [-0.15, -0.1) is 0 Å². The Morgan fingerprint density at radius 2 is 2.18 bits per heavy atom.